The third-order valence-corrected chi connectivity index (χ3v) is 2.88. The van der Waals surface area contributed by atoms with E-state index in [4.69, 9.17) is 9.84 Å². The molecule has 94 valence electrons. The third-order valence-electron chi connectivity index (χ3n) is 2.09. The van der Waals surface area contributed by atoms with Gasteiger partial charge in [-0.25, -0.2) is 4.79 Å². The molecule has 5 nitrogen and oxygen atoms in total. The molecule has 0 aliphatic rings. The minimum atomic E-state index is -0.511. The van der Waals surface area contributed by atoms with Gasteiger partial charge in [0.05, 0.1) is 12.3 Å². The Kier molecular flexibility index (Phi) is 5.24. The van der Waals surface area contributed by atoms with Gasteiger partial charge in [-0.2, -0.15) is 0 Å². The van der Waals surface area contributed by atoms with Crippen molar-refractivity contribution in [1.82, 2.24) is 4.98 Å². The highest BCUT2D eigenvalue weighted by Gasteiger charge is 2.11. The Balaban J connectivity index is 2.50. The molecular formula is C11H15NO4S. The summed E-state index contributed by atoms with van der Waals surface area (Å²) in [6.45, 7) is 3.09. The summed E-state index contributed by atoms with van der Waals surface area (Å²) in [7, 11) is 0. The van der Waals surface area contributed by atoms with Crippen molar-refractivity contribution >= 4 is 17.1 Å². The van der Waals surface area contributed by atoms with Crippen LogP contribution in [0.25, 0.3) is 0 Å². The van der Waals surface area contributed by atoms with Crippen LogP contribution in [-0.2, 0) is 10.5 Å². The van der Waals surface area contributed by atoms with Crippen molar-refractivity contribution in [3.8, 4) is 5.75 Å². The van der Waals surface area contributed by atoms with Crippen LogP contribution in [0.4, 0.5) is 4.79 Å². The number of nitrogens with zero attached hydrogens (tertiary/aromatic N) is 1. The molecule has 1 aromatic rings. The average Bonchev–Trinajstić information content (AvgIpc) is 2.31. The molecule has 1 aromatic heterocycles. The van der Waals surface area contributed by atoms with E-state index in [-0.39, 0.29) is 12.4 Å². The van der Waals surface area contributed by atoms with Crippen LogP contribution in [-0.4, -0.2) is 33.2 Å². The predicted octanol–water partition coefficient (Wildman–Crippen LogP) is 1.85. The van der Waals surface area contributed by atoms with Crippen molar-refractivity contribution in [2.24, 2.45) is 0 Å². The number of carbonyl (C=O) groups excluding carboxylic acids is 1. The Morgan fingerprint density at radius 3 is 3.00 bits per heavy atom. The molecule has 0 amide bonds. The molecule has 1 unspecified atom stereocenters. The van der Waals surface area contributed by atoms with E-state index in [1.165, 1.54) is 0 Å². The molecule has 0 spiro atoms. The second kappa shape index (κ2) is 6.46. The van der Waals surface area contributed by atoms with Gasteiger partial charge in [-0.1, -0.05) is 0 Å². The lowest BCUT2D eigenvalue weighted by Crippen LogP contribution is -2.15. The van der Waals surface area contributed by atoms with Crippen LogP contribution >= 0.6 is 11.8 Å². The first kappa shape index (κ1) is 13.8. The molecular weight excluding hydrogens is 242 g/mol. The Morgan fingerprint density at radius 2 is 2.35 bits per heavy atom. The number of aromatic nitrogens is 1. The molecule has 6 heteroatoms. The van der Waals surface area contributed by atoms with Crippen LogP contribution in [0.3, 0.4) is 0 Å². The zero-order valence-corrected chi connectivity index (χ0v) is 10.5. The smallest absolute Gasteiger partial charge is 0.367 e. The number of aliphatic hydroxyl groups excluding tert-OH is 1. The molecule has 1 heterocycles. The predicted molar refractivity (Wildman–Crippen MR) is 65.0 cm³/mol. The number of rotatable bonds is 4. The van der Waals surface area contributed by atoms with Gasteiger partial charge in [0.1, 0.15) is 11.9 Å². The monoisotopic (exact) mass is 257 g/mol. The van der Waals surface area contributed by atoms with Crippen molar-refractivity contribution in [1.29, 1.82) is 0 Å². The average molecular weight is 257 g/mol. The second-order valence-electron chi connectivity index (χ2n) is 3.55. The van der Waals surface area contributed by atoms with Crippen LogP contribution in [0.1, 0.15) is 18.2 Å². The van der Waals surface area contributed by atoms with E-state index in [1.807, 2.05) is 0 Å². The summed E-state index contributed by atoms with van der Waals surface area (Å²) in [5.41, 5.74) is 1.16. The van der Waals surface area contributed by atoms with E-state index in [2.05, 4.69) is 4.98 Å². The van der Waals surface area contributed by atoms with Gasteiger partial charge in [-0.15, -0.1) is 0 Å². The number of ether oxygens (including phenoxy) is 1. The van der Waals surface area contributed by atoms with Gasteiger partial charge in [-0.05, 0) is 31.7 Å². The maximum Gasteiger partial charge on any atom is 0.367 e. The Morgan fingerprint density at radius 1 is 1.65 bits per heavy atom. The number of pyridine rings is 1. The summed E-state index contributed by atoms with van der Waals surface area (Å²) in [5.74, 6) is 0.412. The summed E-state index contributed by atoms with van der Waals surface area (Å²) in [6.07, 6.45) is 1.06. The van der Waals surface area contributed by atoms with E-state index in [0.717, 1.165) is 11.8 Å². The molecule has 0 radical (unpaired) electrons. The number of carbonyl (C=O) groups is 1. The first-order valence-electron chi connectivity index (χ1n) is 5.12. The lowest BCUT2D eigenvalue weighted by Gasteiger charge is -2.10. The number of aliphatic hydroxyl groups is 1. The summed E-state index contributed by atoms with van der Waals surface area (Å²) in [6, 6.07) is 1.65. The molecule has 0 saturated heterocycles. The maximum absolute atomic E-state index is 11.3. The van der Waals surface area contributed by atoms with Crippen molar-refractivity contribution < 1.29 is 19.7 Å². The minimum absolute atomic E-state index is 0.100. The second-order valence-corrected chi connectivity index (χ2v) is 4.46. The maximum atomic E-state index is 11.3. The van der Waals surface area contributed by atoms with Crippen LogP contribution in [0.5, 0.6) is 5.75 Å². The van der Waals surface area contributed by atoms with Crippen molar-refractivity contribution in [3.05, 3.63) is 23.5 Å². The molecule has 0 bridgehead atoms. The fraction of sp³-hybridized carbons (Fsp3) is 0.455. The standard InChI is InChI=1S/C11H15NO4S/c1-7(5-13)16-11(15)17-6-9-3-4-12-8(2)10(9)14/h3-4,7,13-14H,5-6H2,1-2H3. The van der Waals surface area contributed by atoms with E-state index in [9.17, 15) is 9.90 Å². The molecule has 0 aromatic carbocycles. The zero-order chi connectivity index (χ0) is 12.8. The Hall–Kier alpha value is -1.27. The number of aromatic hydroxyl groups is 1. The zero-order valence-electron chi connectivity index (χ0n) is 9.71. The highest BCUT2D eigenvalue weighted by atomic mass is 32.2. The molecule has 17 heavy (non-hydrogen) atoms. The Bertz CT molecular complexity index is 397. The number of aryl methyl sites for hydroxylation is 1. The summed E-state index contributed by atoms with van der Waals surface area (Å²) in [4.78, 5) is 15.2. The summed E-state index contributed by atoms with van der Waals surface area (Å²) >= 11 is 0.936. The van der Waals surface area contributed by atoms with Crippen LogP contribution < -0.4 is 0 Å². The van der Waals surface area contributed by atoms with E-state index < -0.39 is 11.4 Å². The fourth-order valence-corrected chi connectivity index (χ4v) is 1.84. The van der Waals surface area contributed by atoms with Gasteiger partial charge >= 0.3 is 5.30 Å². The van der Waals surface area contributed by atoms with Crippen LogP contribution in [0, 0.1) is 6.92 Å². The van der Waals surface area contributed by atoms with Gasteiger partial charge in [0.25, 0.3) is 0 Å². The molecule has 2 N–H and O–H groups in total. The van der Waals surface area contributed by atoms with Gasteiger partial charge in [-0.3, -0.25) is 4.98 Å². The molecule has 1 rings (SSSR count). The molecule has 0 aliphatic heterocycles. The highest BCUT2D eigenvalue weighted by Crippen LogP contribution is 2.24. The van der Waals surface area contributed by atoms with Gasteiger partial charge in [0.2, 0.25) is 0 Å². The molecule has 1 atom stereocenters. The van der Waals surface area contributed by atoms with Crippen molar-refractivity contribution in [2.75, 3.05) is 6.61 Å². The lowest BCUT2D eigenvalue weighted by atomic mass is 10.2. The first-order valence-corrected chi connectivity index (χ1v) is 6.11. The number of thioether (sulfide) groups is 1. The topological polar surface area (TPSA) is 79.7 Å². The number of hydrogen-bond donors (Lipinski definition) is 2. The molecule has 0 aliphatic carbocycles. The SMILES string of the molecule is Cc1nccc(CSC(=O)OC(C)CO)c1O. The Labute approximate surface area is 104 Å². The number of hydrogen-bond acceptors (Lipinski definition) is 6. The van der Waals surface area contributed by atoms with Crippen LogP contribution in [0.2, 0.25) is 0 Å². The van der Waals surface area contributed by atoms with Gasteiger partial charge in [0.15, 0.2) is 0 Å². The normalized spacial score (nSPS) is 12.2. The highest BCUT2D eigenvalue weighted by molar-refractivity contribution is 8.12. The van der Waals surface area contributed by atoms with Crippen molar-refractivity contribution in [3.63, 3.8) is 0 Å². The summed E-state index contributed by atoms with van der Waals surface area (Å²) in [5, 5.41) is 17.9. The van der Waals surface area contributed by atoms with E-state index >= 15 is 0 Å². The summed E-state index contributed by atoms with van der Waals surface area (Å²) < 4.78 is 4.87. The molecule has 0 saturated carbocycles. The van der Waals surface area contributed by atoms with Crippen LogP contribution in [0.15, 0.2) is 12.3 Å². The lowest BCUT2D eigenvalue weighted by molar-refractivity contribution is 0.0862. The van der Waals surface area contributed by atoms with Gasteiger partial charge in [0, 0.05) is 17.5 Å². The third kappa shape index (κ3) is 4.24. The quantitative estimate of drug-likeness (QED) is 0.801. The fourth-order valence-electron chi connectivity index (χ4n) is 1.10. The van der Waals surface area contributed by atoms with E-state index in [1.54, 1.807) is 26.1 Å². The first-order chi connectivity index (χ1) is 8.04. The minimum Gasteiger partial charge on any atom is -0.506 e. The van der Waals surface area contributed by atoms with Gasteiger partial charge < -0.3 is 14.9 Å². The van der Waals surface area contributed by atoms with E-state index in [0.29, 0.717) is 17.0 Å². The van der Waals surface area contributed by atoms with Crippen molar-refractivity contribution in [2.45, 2.75) is 25.7 Å². The molecule has 0 fully saturated rings. The largest absolute Gasteiger partial charge is 0.506 e.